The average molecular weight is 321 g/mol. The number of allylic oxidation sites excluding steroid dienone is 1. The van der Waals surface area contributed by atoms with Gasteiger partial charge in [0.1, 0.15) is 17.3 Å². The lowest BCUT2D eigenvalue weighted by Gasteiger charge is -2.10. The molecule has 2 aromatic carbocycles. The lowest BCUT2D eigenvalue weighted by Crippen LogP contribution is -2.00. The number of rotatable bonds is 5. The van der Waals surface area contributed by atoms with Crippen molar-refractivity contribution in [3.8, 4) is 11.5 Å². The van der Waals surface area contributed by atoms with Crippen LogP contribution in [-0.2, 0) is 0 Å². The fraction of sp³-hybridized carbons (Fsp3) is 0.118. The molecule has 0 aromatic heterocycles. The third kappa shape index (κ3) is 3.46. The number of ketones is 1. The second-order valence-corrected chi connectivity index (χ2v) is 4.81. The summed E-state index contributed by atoms with van der Waals surface area (Å²) >= 11 is 6.03. The highest BCUT2D eigenvalue weighted by atomic mass is 35.5. The van der Waals surface area contributed by atoms with Crippen LogP contribution in [0.3, 0.4) is 0 Å². The Morgan fingerprint density at radius 3 is 2.45 bits per heavy atom. The first-order valence-electron chi connectivity index (χ1n) is 6.45. The SMILES string of the molecule is COc1cc(OC)c(C(=O)/C=C/c2ccccc2F)cc1Cl. The van der Waals surface area contributed by atoms with E-state index >= 15 is 0 Å². The number of carbonyl (C=O) groups excluding carboxylic acids is 1. The van der Waals surface area contributed by atoms with Gasteiger partial charge in [0.15, 0.2) is 5.78 Å². The lowest BCUT2D eigenvalue weighted by atomic mass is 10.1. The van der Waals surface area contributed by atoms with Crippen molar-refractivity contribution < 1.29 is 18.7 Å². The summed E-state index contributed by atoms with van der Waals surface area (Å²) < 4.78 is 23.8. The summed E-state index contributed by atoms with van der Waals surface area (Å²) in [6, 6.07) is 9.19. The predicted octanol–water partition coefficient (Wildman–Crippen LogP) is 4.39. The van der Waals surface area contributed by atoms with Gasteiger partial charge in [-0.05, 0) is 24.3 Å². The van der Waals surface area contributed by atoms with E-state index in [1.54, 1.807) is 18.2 Å². The van der Waals surface area contributed by atoms with E-state index in [-0.39, 0.29) is 11.3 Å². The Hall–Kier alpha value is -2.33. The first kappa shape index (κ1) is 16.0. The number of carbonyl (C=O) groups is 1. The van der Waals surface area contributed by atoms with Crippen LogP contribution in [0.2, 0.25) is 5.02 Å². The van der Waals surface area contributed by atoms with E-state index in [1.807, 2.05) is 0 Å². The van der Waals surface area contributed by atoms with Crippen LogP contribution in [0.25, 0.3) is 6.08 Å². The van der Waals surface area contributed by atoms with Gasteiger partial charge in [0.05, 0.1) is 24.8 Å². The van der Waals surface area contributed by atoms with Gasteiger partial charge in [0.25, 0.3) is 0 Å². The van der Waals surface area contributed by atoms with E-state index in [4.69, 9.17) is 21.1 Å². The van der Waals surface area contributed by atoms with E-state index in [0.29, 0.717) is 22.1 Å². The van der Waals surface area contributed by atoms with Crippen LogP contribution in [0.15, 0.2) is 42.5 Å². The zero-order valence-electron chi connectivity index (χ0n) is 12.1. The Labute approximate surface area is 132 Å². The summed E-state index contributed by atoms with van der Waals surface area (Å²) in [5.41, 5.74) is 0.607. The maximum Gasteiger partial charge on any atom is 0.189 e. The van der Waals surface area contributed by atoms with E-state index in [2.05, 4.69) is 0 Å². The summed E-state index contributed by atoms with van der Waals surface area (Å²) in [5.74, 6) is 0.00789. The van der Waals surface area contributed by atoms with Gasteiger partial charge < -0.3 is 9.47 Å². The Bertz CT molecular complexity index is 726. The molecule has 0 atom stereocenters. The van der Waals surface area contributed by atoms with Crippen molar-refractivity contribution in [2.24, 2.45) is 0 Å². The summed E-state index contributed by atoms with van der Waals surface area (Å²) in [5, 5.41) is 0.297. The van der Waals surface area contributed by atoms with Crippen molar-refractivity contribution in [2.45, 2.75) is 0 Å². The minimum atomic E-state index is -0.397. The Morgan fingerprint density at radius 1 is 1.14 bits per heavy atom. The smallest absolute Gasteiger partial charge is 0.189 e. The zero-order valence-corrected chi connectivity index (χ0v) is 12.9. The zero-order chi connectivity index (χ0) is 16.1. The maximum atomic E-state index is 13.5. The van der Waals surface area contributed by atoms with Gasteiger partial charge in [-0.15, -0.1) is 0 Å². The highest BCUT2D eigenvalue weighted by Crippen LogP contribution is 2.33. The van der Waals surface area contributed by atoms with Crippen molar-refractivity contribution in [1.29, 1.82) is 0 Å². The van der Waals surface area contributed by atoms with E-state index in [0.717, 1.165) is 0 Å². The number of methoxy groups -OCH3 is 2. The predicted molar refractivity (Wildman–Crippen MR) is 84.3 cm³/mol. The van der Waals surface area contributed by atoms with Gasteiger partial charge in [-0.3, -0.25) is 4.79 Å². The Balaban J connectivity index is 2.34. The monoisotopic (exact) mass is 320 g/mol. The van der Waals surface area contributed by atoms with E-state index in [9.17, 15) is 9.18 Å². The highest BCUT2D eigenvalue weighted by Gasteiger charge is 2.14. The van der Waals surface area contributed by atoms with Crippen LogP contribution in [0.4, 0.5) is 4.39 Å². The normalized spacial score (nSPS) is 10.7. The van der Waals surface area contributed by atoms with Gasteiger partial charge in [0, 0.05) is 11.6 Å². The number of ether oxygens (including phenoxy) is 2. The highest BCUT2D eigenvalue weighted by molar-refractivity contribution is 6.32. The fourth-order valence-electron chi connectivity index (χ4n) is 1.92. The molecule has 22 heavy (non-hydrogen) atoms. The van der Waals surface area contributed by atoms with Gasteiger partial charge in [-0.1, -0.05) is 29.8 Å². The number of halogens is 2. The summed E-state index contributed by atoms with van der Waals surface area (Å²) in [4.78, 5) is 12.3. The molecule has 0 amide bonds. The quantitative estimate of drug-likeness (QED) is 0.605. The molecule has 0 aliphatic heterocycles. The molecular weight excluding hydrogens is 307 g/mol. The molecule has 0 aliphatic carbocycles. The van der Waals surface area contributed by atoms with E-state index < -0.39 is 5.82 Å². The Kier molecular flexibility index (Phi) is 5.17. The molecule has 0 aliphatic rings. The van der Waals surface area contributed by atoms with Crippen molar-refractivity contribution in [3.05, 3.63) is 64.4 Å². The third-order valence-corrected chi connectivity index (χ3v) is 3.35. The minimum Gasteiger partial charge on any atom is -0.496 e. The van der Waals surface area contributed by atoms with Gasteiger partial charge in [0.2, 0.25) is 0 Å². The van der Waals surface area contributed by atoms with Crippen molar-refractivity contribution in [2.75, 3.05) is 14.2 Å². The second kappa shape index (κ2) is 7.09. The largest absolute Gasteiger partial charge is 0.496 e. The maximum absolute atomic E-state index is 13.5. The molecule has 0 saturated carbocycles. The third-order valence-electron chi connectivity index (χ3n) is 3.06. The summed E-state index contributed by atoms with van der Waals surface area (Å²) in [6.07, 6.45) is 2.69. The summed E-state index contributed by atoms with van der Waals surface area (Å²) in [7, 11) is 2.92. The van der Waals surface area contributed by atoms with Crippen LogP contribution >= 0.6 is 11.6 Å². The molecule has 0 heterocycles. The topological polar surface area (TPSA) is 35.5 Å². The lowest BCUT2D eigenvalue weighted by molar-refractivity contribution is 0.104. The molecule has 2 aromatic rings. The molecule has 2 rings (SSSR count). The molecule has 3 nitrogen and oxygen atoms in total. The molecule has 0 bridgehead atoms. The molecular formula is C17H14ClFO3. The van der Waals surface area contributed by atoms with Crippen LogP contribution in [0.1, 0.15) is 15.9 Å². The van der Waals surface area contributed by atoms with Crippen molar-refractivity contribution in [3.63, 3.8) is 0 Å². The van der Waals surface area contributed by atoms with Gasteiger partial charge >= 0.3 is 0 Å². The van der Waals surface area contributed by atoms with Crippen LogP contribution < -0.4 is 9.47 Å². The Morgan fingerprint density at radius 2 is 1.82 bits per heavy atom. The fourth-order valence-corrected chi connectivity index (χ4v) is 2.16. The van der Waals surface area contributed by atoms with Crippen molar-refractivity contribution >= 4 is 23.5 Å². The van der Waals surface area contributed by atoms with Gasteiger partial charge in [-0.2, -0.15) is 0 Å². The molecule has 0 unspecified atom stereocenters. The standard InChI is InChI=1S/C17H14ClFO3/c1-21-16-10-17(22-2)13(18)9-12(16)15(20)8-7-11-5-3-4-6-14(11)19/h3-10H,1-2H3/b8-7+. The molecule has 0 radical (unpaired) electrons. The molecule has 0 fully saturated rings. The van der Waals surface area contributed by atoms with Crippen molar-refractivity contribution in [1.82, 2.24) is 0 Å². The number of hydrogen-bond acceptors (Lipinski definition) is 3. The molecule has 0 spiro atoms. The van der Waals surface area contributed by atoms with E-state index in [1.165, 1.54) is 44.6 Å². The van der Waals surface area contributed by atoms with Crippen LogP contribution in [-0.4, -0.2) is 20.0 Å². The molecule has 114 valence electrons. The second-order valence-electron chi connectivity index (χ2n) is 4.41. The number of hydrogen-bond donors (Lipinski definition) is 0. The van der Waals surface area contributed by atoms with Crippen LogP contribution in [0.5, 0.6) is 11.5 Å². The first-order chi connectivity index (χ1) is 10.6. The molecule has 5 heteroatoms. The number of benzene rings is 2. The molecule has 0 saturated heterocycles. The van der Waals surface area contributed by atoms with Gasteiger partial charge in [-0.25, -0.2) is 4.39 Å². The summed E-state index contributed by atoms with van der Waals surface area (Å²) in [6.45, 7) is 0. The van der Waals surface area contributed by atoms with Crippen LogP contribution in [0, 0.1) is 5.82 Å². The minimum absolute atomic E-state index is 0.279. The molecule has 0 N–H and O–H groups in total. The first-order valence-corrected chi connectivity index (χ1v) is 6.83. The average Bonchev–Trinajstić information content (AvgIpc) is 2.53.